The number of likely N-dealkylation sites (N-methyl/N-ethyl adjacent to an activating group) is 1. The molecule has 1 saturated heterocycles. The van der Waals surface area contributed by atoms with Crippen LogP contribution in [0.5, 0.6) is 5.88 Å². The summed E-state index contributed by atoms with van der Waals surface area (Å²) in [4.78, 5) is 44.7. The average Bonchev–Trinajstić information content (AvgIpc) is 3.69. The molecular formula is C44H58ClFN6O4. The Bertz CT molecular complexity index is 1980. The smallest absolute Gasteiger partial charge is 0.315 e. The number of aromatic nitrogens is 1. The molecule has 3 N–H and O–H groups in total. The second-order valence-corrected chi connectivity index (χ2v) is 14.9. The minimum Gasteiger partial charge on any atom is -0.481 e. The SMILES string of the molecule is C=C1N(C)C=C(C(=O)Nc2ccc(F)c(-c3cccc(-c4cc5c(c(OC)n4)CCC5)c3Cl)c2C)C(=O)N1C.CC.CCC(C)CCC1(CC)CCNC(=O)N1. The lowest BCUT2D eigenvalue weighted by Crippen LogP contribution is -2.58. The van der Waals surface area contributed by atoms with Gasteiger partial charge in [0.05, 0.1) is 17.8 Å². The number of carbonyl (C=O) groups is 3. The van der Waals surface area contributed by atoms with E-state index in [0.717, 1.165) is 56.6 Å². The molecule has 0 bridgehead atoms. The second kappa shape index (κ2) is 19.3. The van der Waals surface area contributed by atoms with Crippen molar-refractivity contribution in [3.05, 3.63) is 88.1 Å². The number of nitrogens with zero attached hydrogens (tertiary/aromatic N) is 3. The van der Waals surface area contributed by atoms with Crippen LogP contribution < -0.4 is 20.7 Å². The predicted octanol–water partition coefficient (Wildman–Crippen LogP) is 9.40. The predicted molar refractivity (Wildman–Crippen MR) is 224 cm³/mol. The maximum Gasteiger partial charge on any atom is 0.315 e. The van der Waals surface area contributed by atoms with Crippen LogP contribution in [0.1, 0.15) is 89.8 Å². The number of anilines is 1. The fourth-order valence-electron chi connectivity index (χ4n) is 7.24. The van der Waals surface area contributed by atoms with Gasteiger partial charge in [-0.25, -0.2) is 14.2 Å². The van der Waals surface area contributed by atoms with Crippen LogP contribution in [-0.2, 0) is 22.4 Å². The second-order valence-electron chi connectivity index (χ2n) is 14.5. The van der Waals surface area contributed by atoms with Gasteiger partial charge in [0.15, 0.2) is 0 Å². The van der Waals surface area contributed by atoms with E-state index in [1.807, 2.05) is 26.0 Å². The van der Waals surface area contributed by atoms with Gasteiger partial charge in [-0.2, -0.15) is 0 Å². The first kappa shape index (κ1) is 43.8. The van der Waals surface area contributed by atoms with Gasteiger partial charge in [-0.3, -0.25) is 14.5 Å². The van der Waals surface area contributed by atoms with Crippen molar-refractivity contribution in [2.24, 2.45) is 5.92 Å². The highest BCUT2D eigenvalue weighted by Crippen LogP contribution is 2.42. The van der Waals surface area contributed by atoms with Gasteiger partial charge in [-0.15, -0.1) is 0 Å². The van der Waals surface area contributed by atoms with Crippen LogP contribution in [0, 0.1) is 18.7 Å². The first-order valence-corrected chi connectivity index (χ1v) is 20.1. The number of fused-ring (bicyclic) bond motifs is 1. The van der Waals surface area contributed by atoms with E-state index >= 15 is 4.39 Å². The van der Waals surface area contributed by atoms with Gasteiger partial charge < -0.3 is 25.6 Å². The Kier molecular flexibility index (Phi) is 15.1. The number of ether oxygens (including phenoxy) is 1. The molecule has 3 heterocycles. The van der Waals surface area contributed by atoms with Crippen LogP contribution in [0.3, 0.4) is 0 Å². The number of benzene rings is 2. The Hall–Kier alpha value is -4.90. The Morgan fingerprint density at radius 2 is 1.86 bits per heavy atom. The molecule has 6 rings (SSSR count). The number of pyridine rings is 1. The van der Waals surface area contributed by atoms with E-state index in [1.54, 1.807) is 45.2 Å². The van der Waals surface area contributed by atoms with Gasteiger partial charge in [0.25, 0.3) is 11.8 Å². The van der Waals surface area contributed by atoms with Crippen molar-refractivity contribution in [3.63, 3.8) is 0 Å². The molecule has 0 saturated carbocycles. The van der Waals surface area contributed by atoms with E-state index in [2.05, 4.69) is 43.3 Å². The van der Waals surface area contributed by atoms with E-state index in [4.69, 9.17) is 21.3 Å². The highest BCUT2D eigenvalue weighted by atomic mass is 35.5. The van der Waals surface area contributed by atoms with E-state index < -0.39 is 17.6 Å². The summed E-state index contributed by atoms with van der Waals surface area (Å²) < 4.78 is 20.9. The van der Waals surface area contributed by atoms with Crippen molar-refractivity contribution < 1.29 is 23.5 Å². The molecule has 10 nitrogen and oxygen atoms in total. The van der Waals surface area contributed by atoms with Gasteiger partial charge in [-0.1, -0.05) is 77.4 Å². The van der Waals surface area contributed by atoms with Crippen LogP contribution in [-0.4, -0.2) is 65.9 Å². The highest BCUT2D eigenvalue weighted by Gasteiger charge is 2.33. The summed E-state index contributed by atoms with van der Waals surface area (Å²) in [7, 11) is 4.84. The summed E-state index contributed by atoms with van der Waals surface area (Å²) in [5.41, 5.74) is 5.14. The molecule has 2 aliphatic heterocycles. The topological polar surface area (TPSA) is 116 Å². The molecule has 12 heteroatoms. The first-order valence-electron chi connectivity index (χ1n) is 19.7. The van der Waals surface area contributed by atoms with Gasteiger partial charge in [0, 0.05) is 60.3 Å². The number of hydrogen-bond donors (Lipinski definition) is 3. The molecule has 1 fully saturated rings. The van der Waals surface area contributed by atoms with Crippen molar-refractivity contribution in [3.8, 4) is 28.3 Å². The maximum atomic E-state index is 15.3. The van der Waals surface area contributed by atoms with E-state index in [9.17, 15) is 14.4 Å². The third-order valence-corrected chi connectivity index (χ3v) is 11.5. The van der Waals surface area contributed by atoms with E-state index in [-0.39, 0.29) is 22.7 Å². The fourth-order valence-corrected chi connectivity index (χ4v) is 7.56. The van der Waals surface area contributed by atoms with Gasteiger partial charge >= 0.3 is 6.03 Å². The third-order valence-electron chi connectivity index (χ3n) is 11.1. The minimum atomic E-state index is -0.610. The zero-order valence-corrected chi connectivity index (χ0v) is 35.2. The Morgan fingerprint density at radius 3 is 2.52 bits per heavy atom. The minimum absolute atomic E-state index is 0.00671. The van der Waals surface area contributed by atoms with Crippen LogP contribution in [0.2, 0.25) is 5.02 Å². The number of halogens is 2. The fraction of sp³-hybridized carbons (Fsp3) is 0.455. The molecule has 302 valence electrons. The normalized spacial score (nSPS) is 18.0. The molecule has 4 amide bonds. The third kappa shape index (κ3) is 9.54. The summed E-state index contributed by atoms with van der Waals surface area (Å²) in [5, 5.41) is 9.03. The summed E-state index contributed by atoms with van der Waals surface area (Å²) in [6.45, 7) is 17.0. The average molecular weight is 789 g/mol. The lowest BCUT2D eigenvalue weighted by atomic mass is 9.83. The van der Waals surface area contributed by atoms with Gasteiger partial charge in [0.2, 0.25) is 5.88 Å². The standard InChI is InChI=1S/C30H28ClFN4O3.C12H24N2O.C2H6/c1-16-24(33-28(37)22-15-35(3)17(2)36(4)30(22)38)13-12-23(32)26(16)21-11-7-10-20(27(21)31)25-14-18-8-6-9-19(18)29(34-25)39-5;1-4-10(3)6-7-12(5-2)8-9-13-11(15)14-12;1-2/h7,10-15H,2,6,8-9H2,1,3-5H3,(H,33,37);10H,4-9H2,1-3H3,(H2,13,14,15);1-2H3. The molecule has 2 atom stereocenters. The number of nitrogens with one attached hydrogen (secondary N) is 3. The summed E-state index contributed by atoms with van der Waals surface area (Å²) in [6, 6.07) is 10.1. The van der Waals surface area contributed by atoms with Crippen molar-refractivity contribution in [1.82, 2.24) is 25.4 Å². The summed E-state index contributed by atoms with van der Waals surface area (Å²) >= 11 is 6.91. The van der Waals surface area contributed by atoms with Crippen LogP contribution in [0.25, 0.3) is 22.4 Å². The largest absolute Gasteiger partial charge is 0.481 e. The van der Waals surface area contributed by atoms with Gasteiger partial charge in [0.1, 0.15) is 17.2 Å². The van der Waals surface area contributed by atoms with Crippen molar-refractivity contribution in [2.45, 2.75) is 98.4 Å². The molecule has 1 aliphatic carbocycles. The first-order chi connectivity index (χ1) is 26.7. The molecule has 3 aliphatic rings. The van der Waals surface area contributed by atoms with Crippen molar-refractivity contribution in [1.29, 1.82) is 0 Å². The van der Waals surface area contributed by atoms with Gasteiger partial charge in [-0.05, 0) is 87.1 Å². The molecule has 3 aromatic rings. The molecule has 0 spiro atoms. The van der Waals surface area contributed by atoms with Crippen LogP contribution in [0.15, 0.2) is 60.6 Å². The Labute approximate surface area is 336 Å². The molecular weight excluding hydrogens is 731 g/mol. The van der Waals surface area contributed by atoms with Crippen LogP contribution >= 0.6 is 11.6 Å². The monoisotopic (exact) mass is 788 g/mol. The number of methoxy groups -OCH3 is 1. The maximum absolute atomic E-state index is 15.3. The zero-order chi connectivity index (χ0) is 41.3. The number of hydrogen-bond acceptors (Lipinski definition) is 6. The number of rotatable bonds is 10. The number of urea groups is 1. The molecule has 1 aromatic heterocycles. The number of amides is 4. The number of aryl methyl sites for hydroxylation is 1. The highest BCUT2D eigenvalue weighted by molar-refractivity contribution is 6.36. The zero-order valence-electron chi connectivity index (χ0n) is 34.4. The van der Waals surface area contributed by atoms with E-state index in [1.165, 1.54) is 41.6 Å². The summed E-state index contributed by atoms with van der Waals surface area (Å²) in [5.74, 6) is 0.208. The molecule has 0 radical (unpaired) electrons. The molecule has 56 heavy (non-hydrogen) atoms. The lowest BCUT2D eigenvalue weighted by molar-refractivity contribution is -0.128. The quantitative estimate of drug-likeness (QED) is 0.177. The van der Waals surface area contributed by atoms with Crippen LogP contribution in [0.4, 0.5) is 14.9 Å². The Morgan fingerprint density at radius 1 is 1.14 bits per heavy atom. The summed E-state index contributed by atoms with van der Waals surface area (Å²) in [6.07, 6.45) is 9.99. The molecule has 2 aromatic carbocycles. The van der Waals surface area contributed by atoms with Crippen molar-refractivity contribution in [2.75, 3.05) is 33.1 Å². The Balaban J connectivity index is 0.000000344. The number of carbonyl (C=O) groups excluding carboxylic acids is 3. The lowest BCUT2D eigenvalue weighted by Gasteiger charge is -2.38. The van der Waals surface area contributed by atoms with E-state index in [0.29, 0.717) is 44.8 Å². The van der Waals surface area contributed by atoms with Crippen molar-refractivity contribution >= 4 is 35.1 Å². The molecule has 2 unspecified atom stereocenters.